The first-order valence-corrected chi connectivity index (χ1v) is 11.9. The molecule has 0 aromatic heterocycles. The van der Waals surface area contributed by atoms with Crippen molar-refractivity contribution in [2.24, 2.45) is 5.41 Å². The highest BCUT2D eigenvalue weighted by molar-refractivity contribution is 5.87. The molecular formula is C27H34N2O6. The molecule has 8 heteroatoms. The van der Waals surface area contributed by atoms with E-state index in [2.05, 4.69) is 22.8 Å². The normalized spacial score (nSPS) is 14.8. The molecule has 0 aliphatic heterocycles. The third-order valence-corrected chi connectivity index (χ3v) is 6.74. The molecule has 0 spiro atoms. The number of carboxylic acid groups (broad SMARTS) is 1. The Balaban J connectivity index is 1.57. The molecule has 35 heavy (non-hydrogen) atoms. The number of aliphatic carboxylic acids is 1. The van der Waals surface area contributed by atoms with Crippen molar-refractivity contribution in [3.05, 3.63) is 59.7 Å². The van der Waals surface area contributed by atoms with Gasteiger partial charge in [-0.3, -0.25) is 4.79 Å². The van der Waals surface area contributed by atoms with E-state index in [0.29, 0.717) is 19.4 Å². The van der Waals surface area contributed by atoms with Gasteiger partial charge in [0.25, 0.3) is 0 Å². The molecule has 2 unspecified atom stereocenters. The Labute approximate surface area is 206 Å². The van der Waals surface area contributed by atoms with Gasteiger partial charge in [-0.1, -0.05) is 55.5 Å². The first-order chi connectivity index (χ1) is 16.8. The van der Waals surface area contributed by atoms with Crippen LogP contribution in [-0.2, 0) is 19.1 Å². The van der Waals surface area contributed by atoms with Gasteiger partial charge in [0.15, 0.2) is 0 Å². The van der Waals surface area contributed by atoms with Gasteiger partial charge in [0.2, 0.25) is 5.91 Å². The zero-order valence-electron chi connectivity index (χ0n) is 20.5. The lowest BCUT2D eigenvalue weighted by Gasteiger charge is -2.29. The summed E-state index contributed by atoms with van der Waals surface area (Å²) < 4.78 is 10.5. The van der Waals surface area contributed by atoms with Crippen LogP contribution in [0.2, 0.25) is 0 Å². The van der Waals surface area contributed by atoms with Crippen molar-refractivity contribution >= 4 is 18.0 Å². The number of benzene rings is 2. The first-order valence-electron chi connectivity index (χ1n) is 11.9. The molecule has 2 aromatic carbocycles. The molecule has 0 heterocycles. The maximum Gasteiger partial charge on any atom is 0.407 e. The molecular weight excluding hydrogens is 448 g/mol. The third-order valence-electron chi connectivity index (χ3n) is 6.74. The Morgan fingerprint density at radius 2 is 1.66 bits per heavy atom. The second-order valence-corrected chi connectivity index (χ2v) is 9.09. The number of fused-ring (bicyclic) bond motifs is 3. The molecule has 8 nitrogen and oxygen atoms in total. The van der Waals surface area contributed by atoms with Gasteiger partial charge >= 0.3 is 12.1 Å². The van der Waals surface area contributed by atoms with Gasteiger partial charge in [-0.05, 0) is 48.4 Å². The van der Waals surface area contributed by atoms with E-state index in [1.165, 1.54) is 7.11 Å². The van der Waals surface area contributed by atoms with Gasteiger partial charge in [-0.25, -0.2) is 9.59 Å². The van der Waals surface area contributed by atoms with E-state index >= 15 is 0 Å². The number of hydrogen-bond donors (Lipinski definition) is 3. The van der Waals surface area contributed by atoms with Crippen LogP contribution in [0.4, 0.5) is 4.79 Å². The van der Waals surface area contributed by atoms with Gasteiger partial charge in [0.05, 0.1) is 5.41 Å². The van der Waals surface area contributed by atoms with Gasteiger partial charge in [-0.2, -0.15) is 0 Å². The lowest BCUT2D eigenvalue weighted by molar-refractivity contribution is -0.144. The number of amides is 2. The van der Waals surface area contributed by atoms with Gasteiger partial charge in [0, 0.05) is 26.2 Å². The fraction of sp³-hybridized carbons (Fsp3) is 0.444. The summed E-state index contributed by atoms with van der Waals surface area (Å²) in [5.74, 6) is -1.58. The maximum absolute atomic E-state index is 12.9. The van der Waals surface area contributed by atoms with Crippen LogP contribution in [0, 0.1) is 5.41 Å². The van der Waals surface area contributed by atoms with Crippen LogP contribution >= 0.6 is 0 Å². The van der Waals surface area contributed by atoms with Crippen LogP contribution in [0.15, 0.2) is 48.5 Å². The van der Waals surface area contributed by atoms with E-state index in [0.717, 1.165) is 22.3 Å². The predicted molar refractivity (Wildman–Crippen MR) is 132 cm³/mol. The van der Waals surface area contributed by atoms with Gasteiger partial charge in [0.1, 0.15) is 12.6 Å². The van der Waals surface area contributed by atoms with Gasteiger partial charge in [-0.15, -0.1) is 0 Å². The molecule has 2 amide bonds. The Morgan fingerprint density at radius 1 is 1.06 bits per heavy atom. The average Bonchev–Trinajstić information content (AvgIpc) is 3.19. The standard InChI is InChI=1S/C27H34N2O6/c1-4-27(2,25(32)29-23(24(30)31)14-9-15-34-3)17-28-26(33)35-16-22-20-12-7-5-10-18(20)19-11-6-8-13-21(19)22/h5-8,10-13,22-23H,4,9,14-17H2,1-3H3,(H,28,33)(H,29,32)(H,30,31). The molecule has 1 aliphatic carbocycles. The van der Waals surface area contributed by atoms with Crippen molar-refractivity contribution in [2.75, 3.05) is 26.9 Å². The van der Waals surface area contributed by atoms with Crippen molar-refractivity contribution < 1.29 is 29.0 Å². The molecule has 0 saturated heterocycles. The van der Waals surface area contributed by atoms with E-state index in [4.69, 9.17) is 9.47 Å². The highest BCUT2D eigenvalue weighted by Crippen LogP contribution is 2.44. The third kappa shape index (κ3) is 6.19. The number of rotatable bonds is 12. The predicted octanol–water partition coefficient (Wildman–Crippen LogP) is 3.94. The van der Waals surface area contributed by atoms with Crippen LogP contribution in [-0.4, -0.2) is 56.0 Å². The quantitative estimate of drug-likeness (QED) is 0.395. The summed E-state index contributed by atoms with van der Waals surface area (Å²) in [7, 11) is 1.54. The molecule has 3 N–H and O–H groups in total. The molecule has 0 fully saturated rings. The summed E-state index contributed by atoms with van der Waals surface area (Å²) in [4.78, 5) is 37.0. The average molecular weight is 483 g/mol. The smallest absolute Gasteiger partial charge is 0.407 e. The van der Waals surface area contributed by atoms with Crippen LogP contribution in [0.3, 0.4) is 0 Å². The molecule has 2 aromatic rings. The second-order valence-electron chi connectivity index (χ2n) is 9.09. The fourth-order valence-corrected chi connectivity index (χ4v) is 4.30. The highest BCUT2D eigenvalue weighted by Gasteiger charge is 2.35. The monoisotopic (exact) mass is 482 g/mol. The van der Waals surface area contributed by atoms with Crippen molar-refractivity contribution in [3.8, 4) is 11.1 Å². The molecule has 2 atom stereocenters. The summed E-state index contributed by atoms with van der Waals surface area (Å²) in [6, 6.07) is 15.2. The minimum absolute atomic E-state index is 0.0242. The minimum atomic E-state index is -1.10. The largest absolute Gasteiger partial charge is 0.480 e. The fourth-order valence-electron chi connectivity index (χ4n) is 4.30. The van der Waals surface area contributed by atoms with Crippen molar-refractivity contribution in [1.82, 2.24) is 10.6 Å². The number of nitrogens with one attached hydrogen (secondary N) is 2. The van der Waals surface area contributed by atoms with Crippen molar-refractivity contribution in [2.45, 2.75) is 45.1 Å². The molecule has 3 rings (SSSR count). The van der Waals surface area contributed by atoms with Crippen molar-refractivity contribution in [3.63, 3.8) is 0 Å². The molecule has 0 saturated carbocycles. The number of carbonyl (C=O) groups excluding carboxylic acids is 2. The molecule has 188 valence electrons. The number of carbonyl (C=O) groups is 3. The summed E-state index contributed by atoms with van der Waals surface area (Å²) in [6.45, 7) is 4.12. The van der Waals surface area contributed by atoms with Crippen LogP contribution < -0.4 is 10.6 Å². The van der Waals surface area contributed by atoms with E-state index in [1.54, 1.807) is 6.92 Å². The molecule has 0 bridgehead atoms. The summed E-state index contributed by atoms with van der Waals surface area (Å²) >= 11 is 0. The summed E-state index contributed by atoms with van der Waals surface area (Å²) in [5.41, 5.74) is 3.54. The lowest BCUT2D eigenvalue weighted by atomic mass is 9.86. The summed E-state index contributed by atoms with van der Waals surface area (Å²) in [5, 5.41) is 14.7. The molecule has 0 radical (unpaired) electrons. The van der Waals surface area contributed by atoms with E-state index in [1.807, 2.05) is 43.3 Å². The van der Waals surface area contributed by atoms with Gasteiger partial charge < -0.3 is 25.2 Å². The number of alkyl carbamates (subject to hydrolysis) is 1. The Morgan fingerprint density at radius 3 is 2.20 bits per heavy atom. The Hall–Kier alpha value is -3.39. The second kappa shape index (κ2) is 11.8. The number of carboxylic acids is 1. The zero-order chi connectivity index (χ0) is 25.4. The SMILES string of the molecule is CCC(C)(CNC(=O)OCC1c2ccccc2-c2ccccc21)C(=O)NC(CCCOC)C(=O)O. The van der Waals surface area contributed by atoms with E-state index in [9.17, 15) is 19.5 Å². The first kappa shape index (κ1) is 26.2. The molecule has 1 aliphatic rings. The van der Waals surface area contributed by atoms with E-state index < -0.39 is 29.4 Å². The van der Waals surface area contributed by atoms with E-state index in [-0.39, 0.29) is 25.5 Å². The zero-order valence-corrected chi connectivity index (χ0v) is 20.5. The van der Waals surface area contributed by atoms with Crippen LogP contribution in [0.25, 0.3) is 11.1 Å². The van der Waals surface area contributed by atoms with Crippen LogP contribution in [0.1, 0.15) is 50.2 Å². The number of hydrogen-bond acceptors (Lipinski definition) is 5. The lowest BCUT2D eigenvalue weighted by Crippen LogP contribution is -2.51. The maximum atomic E-state index is 12.9. The number of methoxy groups -OCH3 is 1. The van der Waals surface area contributed by atoms with Crippen LogP contribution in [0.5, 0.6) is 0 Å². The topological polar surface area (TPSA) is 114 Å². The Bertz CT molecular complexity index is 1010. The number of ether oxygens (including phenoxy) is 2. The summed E-state index contributed by atoms with van der Waals surface area (Å²) in [6.07, 6.45) is 0.560. The highest BCUT2D eigenvalue weighted by atomic mass is 16.5. The minimum Gasteiger partial charge on any atom is -0.480 e. The Kier molecular flexibility index (Phi) is 8.87. The van der Waals surface area contributed by atoms with Crippen molar-refractivity contribution in [1.29, 1.82) is 0 Å².